The first kappa shape index (κ1) is 14.7. The predicted molar refractivity (Wildman–Crippen MR) is 81.6 cm³/mol. The van der Waals surface area contributed by atoms with Crippen LogP contribution in [0.1, 0.15) is 10.4 Å². The summed E-state index contributed by atoms with van der Waals surface area (Å²) in [6, 6.07) is 13.1. The molecule has 0 aliphatic carbocycles. The Labute approximate surface area is 125 Å². The van der Waals surface area contributed by atoms with Crippen molar-refractivity contribution in [2.24, 2.45) is 0 Å². The van der Waals surface area contributed by atoms with Crippen LogP contribution in [0, 0.1) is 0 Å². The van der Waals surface area contributed by atoms with Crippen molar-refractivity contribution in [3.05, 3.63) is 58.6 Å². The molecule has 0 fully saturated rings. The van der Waals surface area contributed by atoms with E-state index in [1.165, 1.54) is 12.1 Å². The van der Waals surface area contributed by atoms with Crippen LogP contribution in [0.25, 0.3) is 0 Å². The summed E-state index contributed by atoms with van der Waals surface area (Å²) < 4.78 is 23.7. The van der Waals surface area contributed by atoms with Gasteiger partial charge in [0.25, 0.3) is 5.91 Å². The molecule has 0 aliphatic rings. The van der Waals surface area contributed by atoms with Crippen molar-refractivity contribution in [2.75, 3.05) is 11.6 Å². The third-order valence-electron chi connectivity index (χ3n) is 2.61. The fraction of sp³-hybridized carbons (Fsp3) is 0.0714. The molecular formula is C14H12BrNO3S. The van der Waals surface area contributed by atoms with E-state index in [1.807, 2.05) is 6.07 Å². The molecule has 0 aliphatic heterocycles. The van der Waals surface area contributed by atoms with Crippen LogP contribution >= 0.6 is 15.9 Å². The molecule has 0 saturated heterocycles. The monoisotopic (exact) mass is 353 g/mol. The third kappa shape index (κ3) is 3.68. The number of carbonyl (C=O) groups excluding carboxylic acids is 1. The first-order valence-corrected chi connectivity index (χ1v) is 8.42. The maximum absolute atomic E-state index is 12.0. The average Bonchev–Trinajstić information content (AvgIpc) is 2.38. The molecule has 0 heterocycles. The molecule has 0 aromatic heterocycles. The lowest BCUT2D eigenvalue weighted by Gasteiger charge is -2.07. The fourth-order valence-electron chi connectivity index (χ4n) is 1.64. The minimum atomic E-state index is -3.29. The Morgan fingerprint density at radius 3 is 2.45 bits per heavy atom. The number of benzene rings is 2. The van der Waals surface area contributed by atoms with Crippen LogP contribution < -0.4 is 5.32 Å². The molecule has 4 nitrogen and oxygen atoms in total. The molecule has 1 amide bonds. The van der Waals surface area contributed by atoms with Crippen molar-refractivity contribution in [3.63, 3.8) is 0 Å². The maximum Gasteiger partial charge on any atom is 0.255 e. The van der Waals surface area contributed by atoms with E-state index >= 15 is 0 Å². The Kier molecular flexibility index (Phi) is 4.25. The smallest absolute Gasteiger partial charge is 0.255 e. The molecule has 0 bridgehead atoms. The molecule has 0 atom stereocenters. The van der Waals surface area contributed by atoms with Crippen molar-refractivity contribution in [3.8, 4) is 0 Å². The number of hydrogen-bond donors (Lipinski definition) is 1. The van der Waals surface area contributed by atoms with Gasteiger partial charge in [-0.1, -0.05) is 28.1 Å². The number of amides is 1. The molecule has 104 valence electrons. The largest absolute Gasteiger partial charge is 0.322 e. The van der Waals surface area contributed by atoms with Crippen LogP contribution in [0.15, 0.2) is 57.9 Å². The van der Waals surface area contributed by atoms with Gasteiger partial charge in [0.05, 0.1) is 4.90 Å². The van der Waals surface area contributed by atoms with Gasteiger partial charge in [0, 0.05) is 22.0 Å². The topological polar surface area (TPSA) is 63.2 Å². The van der Waals surface area contributed by atoms with Crippen LogP contribution in [0.4, 0.5) is 5.69 Å². The standard InChI is InChI=1S/C14H12BrNO3S/c1-20(18,19)13-7-3-6-12(9-13)16-14(17)10-4-2-5-11(15)8-10/h2-9H,1H3,(H,16,17). The Bertz CT molecular complexity index is 757. The SMILES string of the molecule is CS(=O)(=O)c1cccc(NC(=O)c2cccc(Br)c2)c1. The van der Waals surface area contributed by atoms with Crippen LogP contribution in [0.5, 0.6) is 0 Å². The Morgan fingerprint density at radius 1 is 1.10 bits per heavy atom. The molecule has 2 aromatic rings. The van der Waals surface area contributed by atoms with E-state index in [9.17, 15) is 13.2 Å². The highest BCUT2D eigenvalue weighted by atomic mass is 79.9. The van der Waals surface area contributed by atoms with Gasteiger partial charge in [-0.2, -0.15) is 0 Å². The number of rotatable bonds is 3. The summed E-state index contributed by atoms with van der Waals surface area (Å²) in [4.78, 5) is 12.2. The van der Waals surface area contributed by atoms with Crippen LogP contribution in [0.2, 0.25) is 0 Å². The number of nitrogens with one attached hydrogen (secondary N) is 1. The zero-order chi connectivity index (χ0) is 14.8. The van der Waals surface area contributed by atoms with Gasteiger partial charge in [0.15, 0.2) is 9.84 Å². The van der Waals surface area contributed by atoms with Crippen LogP contribution in [0.3, 0.4) is 0 Å². The number of halogens is 1. The summed E-state index contributed by atoms with van der Waals surface area (Å²) in [5.41, 5.74) is 0.932. The lowest BCUT2D eigenvalue weighted by molar-refractivity contribution is 0.102. The van der Waals surface area contributed by atoms with E-state index in [0.29, 0.717) is 11.3 Å². The summed E-state index contributed by atoms with van der Waals surface area (Å²) in [6.07, 6.45) is 1.13. The van der Waals surface area contributed by atoms with Gasteiger partial charge in [0.2, 0.25) is 0 Å². The highest BCUT2D eigenvalue weighted by molar-refractivity contribution is 9.10. The molecule has 6 heteroatoms. The zero-order valence-electron chi connectivity index (χ0n) is 10.6. The highest BCUT2D eigenvalue weighted by Crippen LogP contribution is 2.17. The quantitative estimate of drug-likeness (QED) is 0.921. The highest BCUT2D eigenvalue weighted by Gasteiger charge is 2.10. The van der Waals surface area contributed by atoms with Gasteiger partial charge in [-0.25, -0.2) is 8.42 Å². The number of anilines is 1. The first-order chi connectivity index (χ1) is 9.36. The van der Waals surface area contributed by atoms with Gasteiger partial charge in [-0.3, -0.25) is 4.79 Å². The summed E-state index contributed by atoms with van der Waals surface area (Å²) in [5.74, 6) is -0.294. The second kappa shape index (κ2) is 5.76. The first-order valence-electron chi connectivity index (χ1n) is 5.73. The molecule has 0 unspecified atom stereocenters. The molecule has 0 radical (unpaired) electrons. The van der Waals surface area contributed by atoms with E-state index < -0.39 is 9.84 Å². The molecule has 0 spiro atoms. The molecule has 1 N–H and O–H groups in total. The van der Waals surface area contributed by atoms with Crippen molar-refractivity contribution in [1.82, 2.24) is 0 Å². The number of sulfone groups is 1. The van der Waals surface area contributed by atoms with Gasteiger partial charge >= 0.3 is 0 Å². The molecule has 2 rings (SSSR count). The fourth-order valence-corrected chi connectivity index (χ4v) is 2.70. The summed E-state index contributed by atoms with van der Waals surface area (Å²) in [6.45, 7) is 0. The van der Waals surface area contributed by atoms with Crippen molar-refractivity contribution >= 4 is 37.4 Å². The van der Waals surface area contributed by atoms with Crippen molar-refractivity contribution in [2.45, 2.75) is 4.90 Å². The third-order valence-corrected chi connectivity index (χ3v) is 4.21. The number of hydrogen-bond acceptors (Lipinski definition) is 3. The predicted octanol–water partition coefficient (Wildman–Crippen LogP) is 3.10. The van der Waals surface area contributed by atoms with E-state index in [1.54, 1.807) is 30.3 Å². The maximum atomic E-state index is 12.0. The molecule has 0 saturated carbocycles. The van der Waals surface area contributed by atoms with Crippen LogP contribution in [-0.2, 0) is 9.84 Å². The molecular weight excluding hydrogens is 342 g/mol. The lowest BCUT2D eigenvalue weighted by Crippen LogP contribution is -2.12. The Hall–Kier alpha value is -1.66. The molecule has 20 heavy (non-hydrogen) atoms. The van der Waals surface area contributed by atoms with Crippen molar-refractivity contribution in [1.29, 1.82) is 0 Å². The van der Waals surface area contributed by atoms with Crippen molar-refractivity contribution < 1.29 is 13.2 Å². The second-order valence-electron chi connectivity index (χ2n) is 4.26. The van der Waals surface area contributed by atoms with E-state index in [0.717, 1.165) is 10.7 Å². The lowest BCUT2D eigenvalue weighted by atomic mass is 10.2. The summed E-state index contributed by atoms with van der Waals surface area (Å²) >= 11 is 3.29. The minimum Gasteiger partial charge on any atom is -0.322 e. The van der Waals surface area contributed by atoms with E-state index in [-0.39, 0.29) is 10.8 Å². The summed E-state index contributed by atoms with van der Waals surface area (Å²) in [7, 11) is -3.29. The second-order valence-corrected chi connectivity index (χ2v) is 7.20. The average molecular weight is 354 g/mol. The summed E-state index contributed by atoms with van der Waals surface area (Å²) in [5, 5.41) is 2.67. The van der Waals surface area contributed by atoms with Gasteiger partial charge < -0.3 is 5.32 Å². The van der Waals surface area contributed by atoms with E-state index in [2.05, 4.69) is 21.2 Å². The molecule has 2 aromatic carbocycles. The Balaban J connectivity index is 2.25. The van der Waals surface area contributed by atoms with Gasteiger partial charge in [-0.05, 0) is 36.4 Å². The van der Waals surface area contributed by atoms with Gasteiger partial charge in [-0.15, -0.1) is 0 Å². The van der Waals surface area contributed by atoms with Crippen LogP contribution in [-0.4, -0.2) is 20.6 Å². The zero-order valence-corrected chi connectivity index (χ0v) is 13.0. The minimum absolute atomic E-state index is 0.171. The van der Waals surface area contributed by atoms with E-state index in [4.69, 9.17) is 0 Å². The normalized spacial score (nSPS) is 11.1. The Morgan fingerprint density at radius 2 is 1.80 bits per heavy atom. The number of carbonyl (C=O) groups is 1. The van der Waals surface area contributed by atoms with Gasteiger partial charge in [0.1, 0.15) is 0 Å².